The van der Waals surface area contributed by atoms with Crippen molar-refractivity contribution in [3.63, 3.8) is 0 Å². The van der Waals surface area contributed by atoms with Crippen LogP contribution in [-0.2, 0) is 14.4 Å². The molecule has 0 saturated carbocycles. The van der Waals surface area contributed by atoms with Crippen LogP contribution in [0.15, 0.2) is 60.2 Å². The van der Waals surface area contributed by atoms with Crippen molar-refractivity contribution in [1.82, 2.24) is 0 Å². The van der Waals surface area contributed by atoms with Crippen LogP contribution >= 0.6 is 0 Å². The standard InChI is InChI=1S/C15H12O5/c1-2-13(16)11(8-10-6-4-3-5-7-10)12(15(19)20)9-14(17)18/h2-9H,1H2,(H,17,18)(H,19,20)/b11-8-,12-9-. The molecule has 0 aliphatic heterocycles. The Morgan fingerprint density at radius 2 is 1.60 bits per heavy atom. The Morgan fingerprint density at radius 3 is 2.05 bits per heavy atom. The topological polar surface area (TPSA) is 91.7 Å². The Labute approximate surface area is 115 Å². The van der Waals surface area contributed by atoms with E-state index in [2.05, 4.69) is 6.58 Å². The molecule has 102 valence electrons. The number of rotatable bonds is 6. The normalized spacial score (nSPS) is 11.8. The maximum Gasteiger partial charge on any atom is 0.336 e. The van der Waals surface area contributed by atoms with Crippen molar-refractivity contribution in [3.05, 3.63) is 65.8 Å². The predicted molar refractivity (Wildman–Crippen MR) is 73.0 cm³/mol. The van der Waals surface area contributed by atoms with Gasteiger partial charge in [-0.3, -0.25) is 4.79 Å². The summed E-state index contributed by atoms with van der Waals surface area (Å²) < 4.78 is 0. The summed E-state index contributed by atoms with van der Waals surface area (Å²) in [7, 11) is 0. The molecular weight excluding hydrogens is 260 g/mol. The molecule has 0 saturated heterocycles. The van der Waals surface area contributed by atoms with E-state index >= 15 is 0 Å². The fourth-order valence-corrected chi connectivity index (χ4v) is 1.49. The van der Waals surface area contributed by atoms with Gasteiger partial charge in [0.15, 0.2) is 5.78 Å². The van der Waals surface area contributed by atoms with Crippen molar-refractivity contribution in [3.8, 4) is 0 Å². The lowest BCUT2D eigenvalue weighted by molar-refractivity contribution is -0.135. The van der Waals surface area contributed by atoms with Gasteiger partial charge in [0.25, 0.3) is 0 Å². The first-order valence-electron chi connectivity index (χ1n) is 5.57. The number of benzene rings is 1. The third kappa shape index (κ3) is 4.06. The van der Waals surface area contributed by atoms with Gasteiger partial charge in [0.1, 0.15) is 0 Å². The summed E-state index contributed by atoms with van der Waals surface area (Å²) in [4.78, 5) is 33.6. The van der Waals surface area contributed by atoms with Crippen LogP contribution in [-0.4, -0.2) is 27.9 Å². The summed E-state index contributed by atoms with van der Waals surface area (Å²) in [6.45, 7) is 3.29. The molecule has 0 amide bonds. The van der Waals surface area contributed by atoms with Crippen LogP contribution < -0.4 is 0 Å². The highest BCUT2D eigenvalue weighted by Gasteiger charge is 2.19. The van der Waals surface area contributed by atoms with Crippen molar-refractivity contribution in [2.75, 3.05) is 0 Å². The third-order valence-corrected chi connectivity index (χ3v) is 2.35. The molecule has 0 bridgehead atoms. The molecule has 0 fully saturated rings. The van der Waals surface area contributed by atoms with E-state index in [4.69, 9.17) is 10.2 Å². The van der Waals surface area contributed by atoms with Gasteiger partial charge in [-0.2, -0.15) is 0 Å². The van der Waals surface area contributed by atoms with Gasteiger partial charge >= 0.3 is 11.9 Å². The molecule has 1 aromatic rings. The second kappa shape index (κ2) is 6.84. The van der Waals surface area contributed by atoms with Gasteiger partial charge in [0.2, 0.25) is 0 Å². The fourth-order valence-electron chi connectivity index (χ4n) is 1.49. The summed E-state index contributed by atoms with van der Waals surface area (Å²) in [5, 5.41) is 17.8. The molecular formula is C15H12O5. The molecule has 1 aromatic carbocycles. The van der Waals surface area contributed by atoms with E-state index in [-0.39, 0.29) is 5.57 Å². The van der Waals surface area contributed by atoms with E-state index in [9.17, 15) is 14.4 Å². The highest BCUT2D eigenvalue weighted by molar-refractivity contribution is 6.18. The number of carboxylic acids is 2. The van der Waals surface area contributed by atoms with E-state index in [1.165, 1.54) is 6.08 Å². The molecule has 0 spiro atoms. The second-order valence-electron chi connectivity index (χ2n) is 3.74. The highest BCUT2D eigenvalue weighted by atomic mass is 16.4. The number of hydrogen-bond acceptors (Lipinski definition) is 3. The Hall–Kier alpha value is -2.95. The van der Waals surface area contributed by atoms with Gasteiger partial charge in [-0.05, 0) is 17.7 Å². The van der Waals surface area contributed by atoms with Crippen molar-refractivity contribution in [2.45, 2.75) is 0 Å². The number of carbonyl (C=O) groups is 3. The Morgan fingerprint density at radius 1 is 1.00 bits per heavy atom. The SMILES string of the molecule is C=CC(=O)C(=C\c1ccccc1)/C(=C/C(=O)O)C(=O)O. The average Bonchev–Trinajstić information content (AvgIpc) is 2.42. The lowest BCUT2D eigenvalue weighted by Crippen LogP contribution is -2.12. The minimum atomic E-state index is -1.50. The van der Waals surface area contributed by atoms with Crippen molar-refractivity contribution >= 4 is 23.8 Å². The molecule has 1 rings (SSSR count). The average molecular weight is 272 g/mol. The van der Waals surface area contributed by atoms with Crippen LogP contribution in [0.5, 0.6) is 0 Å². The van der Waals surface area contributed by atoms with E-state index in [1.807, 2.05) is 0 Å². The van der Waals surface area contributed by atoms with Crippen LogP contribution in [0.3, 0.4) is 0 Å². The first kappa shape index (κ1) is 15.1. The number of carbonyl (C=O) groups excluding carboxylic acids is 1. The number of hydrogen-bond donors (Lipinski definition) is 2. The molecule has 0 radical (unpaired) electrons. The maximum atomic E-state index is 11.8. The summed E-state index contributed by atoms with van der Waals surface area (Å²) in [5.74, 6) is -3.60. The zero-order valence-electron chi connectivity index (χ0n) is 10.4. The largest absolute Gasteiger partial charge is 0.478 e. The fraction of sp³-hybridized carbons (Fsp3) is 0. The van der Waals surface area contributed by atoms with Gasteiger partial charge in [0.05, 0.1) is 5.57 Å². The van der Waals surface area contributed by atoms with Crippen LogP contribution in [0.25, 0.3) is 6.08 Å². The molecule has 0 unspecified atom stereocenters. The smallest absolute Gasteiger partial charge is 0.336 e. The highest BCUT2D eigenvalue weighted by Crippen LogP contribution is 2.17. The second-order valence-corrected chi connectivity index (χ2v) is 3.74. The van der Waals surface area contributed by atoms with E-state index in [1.54, 1.807) is 30.3 Å². The number of carboxylic acid groups (broad SMARTS) is 2. The van der Waals surface area contributed by atoms with Crippen LogP contribution in [0, 0.1) is 0 Å². The van der Waals surface area contributed by atoms with E-state index in [0.29, 0.717) is 11.6 Å². The zero-order valence-corrected chi connectivity index (χ0v) is 10.4. The molecule has 0 aliphatic rings. The summed E-state index contributed by atoms with van der Waals surface area (Å²) >= 11 is 0. The summed E-state index contributed by atoms with van der Waals surface area (Å²) in [5.41, 5.74) is -0.248. The first-order valence-corrected chi connectivity index (χ1v) is 5.57. The van der Waals surface area contributed by atoms with Crippen LogP contribution in [0.2, 0.25) is 0 Å². The van der Waals surface area contributed by atoms with Crippen molar-refractivity contribution in [2.24, 2.45) is 0 Å². The van der Waals surface area contributed by atoms with Crippen LogP contribution in [0.1, 0.15) is 5.56 Å². The molecule has 0 heterocycles. The number of aliphatic carboxylic acids is 2. The van der Waals surface area contributed by atoms with Gasteiger partial charge in [-0.1, -0.05) is 36.9 Å². The molecule has 0 aromatic heterocycles. The Kier molecular flexibility index (Phi) is 5.17. The minimum absolute atomic E-state index is 0.235. The molecule has 5 nitrogen and oxygen atoms in total. The maximum absolute atomic E-state index is 11.8. The first-order chi connectivity index (χ1) is 9.45. The van der Waals surface area contributed by atoms with Gasteiger partial charge in [-0.25, -0.2) is 9.59 Å². The Balaban J connectivity index is 3.42. The van der Waals surface area contributed by atoms with Crippen LogP contribution in [0.4, 0.5) is 0 Å². The quantitative estimate of drug-likeness (QED) is 0.609. The van der Waals surface area contributed by atoms with Gasteiger partial charge in [-0.15, -0.1) is 0 Å². The zero-order chi connectivity index (χ0) is 15.1. The van der Waals surface area contributed by atoms with Gasteiger partial charge < -0.3 is 10.2 Å². The lowest BCUT2D eigenvalue weighted by Gasteiger charge is -2.05. The Bertz CT molecular complexity index is 608. The summed E-state index contributed by atoms with van der Waals surface area (Å²) in [6, 6.07) is 8.51. The van der Waals surface area contributed by atoms with Gasteiger partial charge in [0, 0.05) is 11.6 Å². The van der Waals surface area contributed by atoms with E-state index < -0.39 is 23.3 Å². The number of allylic oxidation sites excluding steroid dienone is 1. The molecule has 5 heteroatoms. The molecule has 0 aliphatic carbocycles. The van der Waals surface area contributed by atoms with E-state index in [0.717, 1.165) is 6.08 Å². The summed E-state index contributed by atoms with van der Waals surface area (Å²) in [6.07, 6.45) is 2.73. The molecule has 0 atom stereocenters. The monoisotopic (exact) mass is 272 g/mol. The predicted octanol–water partition coefficient (Wildman–Crippen LogP) is 1.92. The molecule has 2 N–H and O–H groups in total. The molecule has 20 heavy (non-hydrogen) atoms. The lowest BCUT2D eigenvalue weighted by atomic mass is 9.98. The van der Waals surface area contributed by atoms with Crippen molar-refractivity contribution in [1.29, 1.82) is 0 Å². The van der Waals surface area contributed by atoms with Crippen molar-refractivity contribution < 1.29 is 24.6 Å². The number of ketones is 1. The third-order valence-electron chi connectivity index (χ3n) is 2.35. The minimum Gasteiger partial charge on any atom is -0.478 e.